The number of benzene rings is 2. The van der Waals surface area contributed by atoms with Crippen LogP contribution in [0.4, 0.5) is 5.69 Å². The first-order valence-electron chi connectivity index (χ1n) is 6.10. The Morgan fingerprint density at radius 3 is 2.58 bits per heavy atom. The number of hydrogen-bond acceptors (Lipinski definition) is 3. The molecule has 92 valence electrons. The van der Waals surface area contributed by atoms with Crippen molar-refractivity contribution in [1.82, 2.24) is 4.98 Å². The third-order valence-corrected chi connectivity index (χ3v) is 2.90. The average molecular weight is 247 g/mol. The van der Waals surface area contributed by atoms with Crippen LogP contribution in [0.5, 0.6) is 0 Å². The first-order valence-corrected chi connectivity index (χ1v) is 6.10. The minimum Gasteiger partial charge on any atom is -0.278 e. The topological polar surface area (TPSA) is 37.3 Å². The van der Waals surface area contributed by atoms with Gasteiger partial charge in [-0.1, -0.05) is 42.5 Å². The van der Waals surface area contributed by atoms with Gasteiger partial charge in [0.15, 0.2) is 0 Å². The number of pyridine rings is 1. The van der Waals surface area contributed by atoms with Crippen LogP contribution in [0.2, 0.25) is 0 Å². The van der Waals surface area contributed by atoms with E-state index in [9.17, 15) is 0 Å². The summed E-state index contributed by atoms with van der Waals surface area (Å²) >= 11 is 0. The van der Waals surface area contributed by atoms with Crippen molar-refractivity contribution < 1.29 is 0 Å². The van der Waals surface area contributed by atoms with Crippen molar-refractivity contribution in [3.63, 3.8) is 0 Å². The van der Waals surface area contributed by atoms with Crippen LogP contribution >= 0.6 is 0 Å². The molecule has 0 aliphatic carbocycles. The van der Waals surface area contributed by atoms with Gasteiger partial charge in [0.2, 0.25) is 0 Å². The van der Waals surface area contributed by atoms with Gasteiger partial charge in [-0.15, -0.1) is 0 Å². The molecule has 1 heterocycles. The number of nitrogens with one attached hydrogen (secondary N) is 1. The first kappa shape index (κ1) is 11.4. The molecule has 0 bridgehead atoms. The predicted molar refractivity (Wildman–Crippen MR) is 79.4 cm³/mol. The van der Waals surface area contributed by atoms with Crippen molar-refractivity contribution in [2.45, 2.75) is 0 Å². The smallest absolute Gasteiger partial charge is 0.0592 e. The van der Waals surface area contributed by atoms with E-state index in [1.165, 1.54) is 10.8 Å². The number of nitrogens with zero attached hydrogens (tertiary/aromatic N) is 2. The molecule has 19 heavy (non-hydrogen) atoms. The third kappa shape index (κ3) is 2.60. The molecule has 3 heteroatoms. The average Bonchev–Trinajstić information content (AvgIpc) is 2.49. The lowest BCUT2D eigenvalue weighted by Crippen LogP contribution is -1.91. The molecule has 1 aromatic heterocycles. The fraction of sp³-hybridized carbons (Fsp3) is 0. The summed E-state index contributed by atoms with van der Waals surface area (Å²) in [6.07, 6.45) is 5.30. The molecule has 0 saturated carbocycles. The lowest BCUT2D eigenvalue weighted by atomic mass is 10.1. The molecule has 1 N–H and O–H groups in total. The lowest BCUT2D eigenvalue weighted by Gasteiger charge is -2.02. The van der Waals surface area contributed by atoms with E-state index in [0.29, 0.717) is 0 Å². The van der Waals surface area contributed by atoms with Crippen molar-refractivity contribution in [2.24, 2.45) is 5.10 Å². The molecule has 0 atom stereocenters. The summed E-state index contributed by atoms with van der Waals surface area (Å²) in [6, 6.07) is 18.2. The minimum absolute atomic E-state index is 0.923. The maximum atomic E-state index is 4.26. The van der Waals surface area contributed by atoms with Gasteiger partial charge in [-0.05, 0) is 22.9 Å². The summed E-state index contributed by atoms with van der Waals surface area (Å²) in [5, 5.41) is 6.68. The van der Waals surface area contributed by atoms with Crippen LogP contribution in [-0.2, 0) is 0 Å². The molecule has 0 aliphatic rings. The van der Waals surface area contributed by atoms with E-state index in [0.717, 1.165) is 11.3 Å². The molecular weight excluding hydrogens is 234 g/mol. The number of hydrazone groups is 1. The van der Waals surface area contributed by atoms with Gasteiger partial charge in [-0.3, -0.25) is 10.4 Å². The van der Waals surface area contributed by atoms with Crippen LogP contribution in [0.15, 0.2) is 72.1 Å². The van der Waals surface area contributed by atoms with Crippen LogP contribution in [-0.4, -0.2) is 11.2 Å². The van der Waals surface area contributed by atoms with Gasteiger partial charge in [0.1, 0.15) is 0 Å². The van der Waals surface area contributed by atoms with Gasteiger partial charge in [0.25, 0.3) is 0 Å². The zero-order valence-corrected chi connectivity index (χ0v) is 10.3. The van der Waals surface area contributed by atoms with E-state index in [4.69, 9.17) is 0 Å². The van der Waals surface area contributed by atoms with Crippen molar-refractivity contribution in [3.8, 4) is 0 Å². The summed E-state index contributed by atoms with van der Waals surface area (Å²) in [5.74, 6) is 0. The Morgan fingerprint density at radius 2 is 1.68 bits per heavy atom. The maximum Gasteiger partial charge on any atom is 0.0592 e. The zero-order chi connectivity index (χ0) is 12.9. The molecule has 0 amide bonds. The fourth-order valence-electron chi connectivity index (χ4n) is 1.97. The van der Waals surface area contributed by atoms with Crippen molar-refractivity contribution in [3.05, 3.63) is 72.6 Å². The lowest BCUT2D eigenvalue weighted by molar-refractivity contribution is 1.28. The Bertz CT molecular complexity index is 700. The summed E-state index contributed by atoms with van der Waals surface area (Å²) in [6.45, 7) is 0. The van der Waals surface area contributed by atoms with Gasteiger partial charge in [-0.25, -0.2) is 0 Å². The second-order valence-corrected chi connectivity index (χ2v) is 4.17. The Hall–Kier alpha value is -2.68. The van der Waals surface area contributed by atoms with E-state index in [-0.39, 0.29) is 0 Å². The van der Waals surface area contributed by atoms with E-state index < -0.39 is 0 Å². The largest absolute Gasteiger partial charge is 0.278 e. The highest BCUT2D eigenvalue weighted by atomic mass is 15.3. The minimum atomic E-state index is 0.923. The SMILES string of the molecule is C(=N/Nc1ccncc1)/c1cccc2ccccc12. The molecular formula is C16H13N3. The standard InChI is InChI=1S/C16H13N3/c1-2-7-16-13(4-1)5-3-6-14(16)12-18-19-15-8-10-17-11-9-15/h1-12H,(H,17,19)/b18-12-. The highest BCUT2D eigenvalue weighted by molar-refractivity contribution is 5.99. The summed E-state index contributed by atoms with van der Waals surface area (Å²) < 4.78 is 0. The summed E-state index contributed by atoms with van der Waals surface area (Å²) in [5.41, 5.74) is 5.01. The van der Waals surface area contributed by atoms with Crippen LogP contribution in [0.3, 0.4) is 0 Å². The van der Waals surface area contributed by atoms with Gasteiger partial charge in [-0.2, -0.15) is 5.10 Å². The molecule has 3 aromatic rings. The number of hydrogen-bond donors (Lipinski definition) is 1. The molecule has 2 aromatic carbocycles. The van der Waals surface area contributed by atoms with E-state index >= 15 is 0 Å². The molecule has 0 radical (unpaired) electrons. The highest BCUT2D eigenvalue weighted by Gasteiger charge is 1.96. The Balaban J connectivity index is 1.85. The number of rotatable bonds is 3. The zero-order valence-electron chi connectivity index (χ0n) is 10.3. The molecule has 0 aliphatic heterocycles. The van der Waals surface area contributed by atoms with Gasteiger partial charge in [0.05, 0.1) is 11.9 Å². The van der Waals surface area contributed by atoms with Gasteiger partial charge < -0.3 is 0 Å². The van der Waals surface area contributed by atoms with Crippen molar-refractivity contribution in [1.29, 1.82) is 0 Å². The highest BCUT2D eigenvalue weighted by Crippen LogP contribution is 2.16. The third-order valence-electron chi connectivity index (χ3n) is 2.90. The Morgan fingerprint density at radius 1 is 0.895 bits per heavy atom. The van der Waals surface area contributed by atoms with E-state index in [1.807, 2.05) is 36.5 Å². The summed E-state index contributed by atoms with van der Waals surface area (Å²) in [4.78, 5) is 3.96. The molecule has 0 fully saturated rings. The number of anilines is 1. The van der Waals surface area contributed by atoms with Crippen LogP contribution in [0, 0.1) is 0 Å². The fourth-order valence-corrected chi connectivity index (χ4v) is 1.97. The summed E-state index contributed by atoms with van der Waals surface area (Å²) in [7, 11) is 0. The van der Waals surface area contributed by atoms with Gasteiger partial charge in [0, 0.05) is 18.0 Å². The number of aromatic nitrogens is 1. The normalized spacial score (nSPS) is 10.9. The van der Waals surface area contributed by atoms with Crippen molar-refractivity contribution in [2.75, 3.05) is 5.43 Å². The second-order valence-electron chi connectivity index (χ2n) is 4.17. The van der Waals surface area contributed by atoms with Crippen LogP contribution in [0.1, 0.15) is 5.56 Å². The van der Waals surface area contributed by atoms with Crippen LogP contribution in [0.25, 0.3) is 10.8 Å². The van der Waals surface area contributed by atoms with Gasteiger partial charge >= 0.3 is 0 Å². The molecule has 3 nitrogen and oxygen atoms in total. The Labute approximate surface area is 111 Å². The quantitative estimate of drug-likeness (QED) is 0.566. The second kappa shape index (κ2) is 5.31. The monoisotopic (exact) mass is 247 g/mol. The molecule has 0 unspecified atom stereocenters. The first-order chi connectivity index (χ1) is 9.43. The predicted octanol–water partition coefficient (Wildman–Crippen LogP) is 3.68. The van der Waals surface area contributed by atoms with Crippen LogP contribution < -0.4 is 5.43 Å². The number of fused-ring (bicyclic) bond motifs is 1. The molecule has 0 saturated heterocycles. The molecule has 3 rings (SSSR count). The van der Waals surface area contributed by atoms with E-state index in [1.54, 1.807) is 12.4 Å². The maximum absolute atomic E-state index is 4.26. The van der Waals surface area contributed by atoms with Crippen molar-refractivity contribution >= 4 is 22.7 Å². The van der Waals surface area contributed by atoms with E-state index in [2.05, 4.69) is 39.8 Å². The Kier molecular flexibility index (Phi) is 3.19. The molecule has 0 spiro atoms.